The van der Waals surface area contributed by atoms with Crippen molar-refractivity contribution in [2.45, 2.75) is 20.4 Å². The number of aromatic nitrogens is 2. The minimum absolute atomic E-state index is 0.121. The van der Waals surface area contributed by atoms with Gasteiger partial charge in [0, 0.05) is 19.2 Å². The number of rotatable bonds is 4. The highest BCUT2D eigenvalue weighted by Gasteiger charge is 2.08. The first kappa shape index (κ1) is 14.5. The van der Waals surface area contributed by atoms with E-state index >= 15 is 0 Å². The third-order valence-corrected chi connectivity index (χ3v) is 3.23. The van der Waals surface area contributed by atoms with Crippen LogP contribution < -0.4 is 10.6 Å². The number of anilines is 2. The average Bonchev–Trinajstić information content (AvgIpc) is 2.43. The predicted octanol–water partition coefficient (Wildman–Crippen LogP) is 3.54. The van der Waals surface area contributed by atoms with Crippen LogP contribution in [0.2, 0.25) is 5.02 Å². The average molecular weight is 295 g/mol. The van der Waals surface area contributed by atoms with E-state index in [1.54, 1.807) is 12.1 Å². The molecule has 0 unspecified atom stereocenters. The van der Waals surface area contributed by atoms with Gasteiger partial charge in [-0.25, -0.2) is 14.4 Å². The summed E-state index contributed by atoms with van der Waals surface area (Å²) in [5.41, 5.74) is 1.82. The normalized spacial score (nSPS) is 10.4. The van der Waals surface area contributed by atoms with Gasteiger partial charge in [-0.2, -0.15) is 0 Å². The molecule has 0 spiro atoms. The molecule has 0 bridgehead atoms. The van der Waals surface area contributed by atoms with Gasteiger partial charge in [-0.1, -0.05) is 17.7 Å². The fourth-order valence-electron chi connectivity index (χ4n) is 1.88. The maximum absolute atomic E-state index is 13.1. The highest BCUT2D eigenvalue weighted by Crippen LogP contribution is 2.21. The van der Waals surface area contributed by atoms with Crippen LogP contribution in [-0.4, -0.2) is 17.0 Å². The lowest BCUT2D eigenvalue weighted by Crippen LogP contribution is -2.08. The largest absolute Gasteiger partial charge is 0.373 e. The predicted molar refractivity (Wildman–Crippen MR) is 79.8 cm³/mol. The van der Waals surface area contributed by atoms with E-state index in [0.29, 0.717) is 12.4 Å². The maximum atomic E-state index is 13.1. The van der Waals surface area contributed by atoms with E-state index in [0.717, 1.165) is 22.8 Å². The van der Waals surface area contributed by atoms with Crippen molar-refractivity contribution in [2.24, 2.45) is 0 Å². The molecule has 20 heavy (non-hydrogen) atoms. The molecule has 0 aliphatic carbocycles. The molecule has 0 amide bonds. The van der Waals surface area contributed by atoms with E-state index in [2.05, 4.69) is 20.6 Å². The van der Waals surface area contributed by atoms with Gasteiger partial charge in [-0.3, -0.25) is 0 Å². The molecule has 2 aromatic rings. The van der Waals surface area contributed by atoms with Gasteiger partial charge in [0.2, 0.25) is 0 Å². The molecule has 2 rings (SSSR count). The van der Waals surface area contributed by atoms with Crippen LogP contribution in [-0.2, 0) is 6.54 Å². The summed E-state index contributed by atoms with van der Waals surface area (Å²) >= 11 is 5.76. The van der Waals surface area contributed by atoms with Crippen LogP contribution in [0.25, 0.3) is 0 Å². The summed E-state index contributed by atoms with van der Waals surface area (Å²) in [6, 6.07) is 4.65. The second kappa shape index (κ2) is 6.05. The Morgan fingerprint density at radius 1 is 1.20 bits per heavy atom. The van der Waals surface area contributed by atoms with Gasteiger partial charge < -0.3 is 10.6 Å². The summed E-state index contributed by atoms with van der Waals surface area (Å²) in [6.45, 7) is 4.28. The minimum atomic E-state index is -0.415. The first-order chi connectivity index (χ1) is 9.51. The lowest BCUT2D eigenvalue weighted by atomic mass is 10.2. The standard InChI is InChI=1S/C14H16ClFN4/c1-8-13(17-3)19-9(2)20-14(8)18-7-10-4-5-12(16)11(15)6-10/h4-6H,7H2,1-3H3,(H2,17,18,19,20). The third-order valence-electron chi connectivity index (χ3n) is 2.94. The van der Waals surface area contributed by atoms with E-state index in [1.807, 2.05) is 20.9 Å². The summed E-state index contributed by atoms with van der Waals surface area (Å²) in [6.07, 6.45) is 0. The molecule has 106 valence electrons. The molecule has 0 atom stereocenters. The van der Waals surface area contributed by atoms with Gasteiger partial charge in [-0.05, 0) is 31.5 Å². The van der Waals surface area contributed by atoms with Gasteiger partial charge in [0.05, 0.1) is 5.02 Å². The molecule has 0 saturated carbocycles. The molecule has 0 aliphatic rings. The van der Waals surface area contributed by atoms with Crippen LogP contribution in [0.4, 0.5) is 16.0 Å². The van der Waals surface area contributed by atoms with Crippen LogP contribution in [0.3, 0.4) is 0 Å². The summed E-state index contributed by atoms with van der Waals surface area (Å²) in [7, 11) is 1.82. The topological polar surface area (TPSA) is 49.8 Å². The van der Waals surface area contributed by atoms with Crippen molar-refractivity contribution in [3.8, 4) is 0 Å². The van der Waals surface area contributed by atoms with Crippen molar-refractivity contribution in [1.82, 2.24) is 9.97 Å². The third kappa shape index (κ3) is 3.17. The molecule has 0 aliphatic heterocycles. The lowest BCUT2D eigenvalue weighted by molar-refractivity contribution is 0.627. The number of halogens is 2. The fraction of sp³-hybridized carbons (Fsp3) is 0.286. The molecule has 2 N–H and O–H groups in total. The van der Waals surface area contributed by atoms with E-state index < -0.39 is 5.82 Å². The fourth-order valence-corrected chi connectivity index (χ4v) is 2.08. The number of benzene rings is 1. The Morgan fingerprint density at radius 3 is 2.55 bits per heavy atom. The van der Waals surface area contributed by atoms with Crippen molar-refractivity contribution < 1.29 is 4.39 Å². The number of nitrogens with one attached hydrogen (secondary N) is 2. The van der Waals surface area contributed by atoms with Gasteiger partial charge in [0.1, 0.15) is 23.3 Å². The van der Waals surface area contributed by atoms with Gasteiger partial charge in [0.25, 0.3) is 0 Å². The highest BCUT2D eigenvalue weighted by molar-refractivity contribution is 6.30. The van der Waals surface area contributed by atoms with Crippen LogP contribution in [0.1, 0.15) is 17.0 Å². The van der Waals surface area contributed by atoms with Crippen molar-refractivity contribution in [1.29, 1.82) is 0 Å². The molecule has 0 radical (unpaired) electrons. The Hall–Kier alpha value is -1.88. The Kier molecular flexibility index (Phi) is 4.39. The molecule has 6 heteroatoms. The Bertz CT molecular complexity index is 631. The van der Waals surface area contributed by atoms with Gasteiger partial charge in [-0.15, -0.1) is 0 Å². The van der Waals surface area contributed by atoms with E-state index in [1.165, 1.54) is 6.07 Å². The first-order valence-corrected chi connectivity index (χ1v) is 6.60. The number of hydrogen-bond acceptors (Lipinski definition) is 4. The van der Waals surface area contributed by atoms with Crippen LogP contribution in [0.5, 0.6) is 0 Å². The van der Waals surface area contributed by atoms with Gasteiger partial charge in [0.15, 0.2) is 0 Å². The zero-order valence-electron chi connectivity index (χ0n) is 11.6. The summed E-state index contributed by atoms with van der Waals surface area (Å²) in [5.74, 6) is 1.81. The molecule has 1 aromatic carbocycles. The van der Waals surface area contributed by atoms with Crippen molar-refractivity contribution in [3.05, 3.63) is 46.0 Å². The summed E-state index contributed by atoms with van der Waals surface area (Å²) < 4.78 is 13.1. The Labute approximate surface area is 122 Å². The Morgan fingerprint density at radius 2 is 1.90 bits per heavy atom. The SMILES string of the molecule is CNc1nc(C)nc(NCc2ccc(F)c(Cl)c2)c1C. The van der Waals surface area contributed by atoms with E-state index in [9.17, 15) is 4.39 Å². The van der Waals surface area contributed by atoms with Crippen LogP contribution in [0, 0.1) is 19.7 Å². The lowest BCUT2D eigenvalue weighted by Gasteiger charge is -2.12. The first-order valence-electron chi connectivity index (χ1n) is 6.22. The monoisotopic (exact) mass is 294 g/mol. The van der Waals surface area contributed by atoms with E-state index in [-0.39, 0.29) is 5.02 Å². The molecule has 1 aromatic heterocycles. The summed E-state index contributed by atoms with van der Waals surface area (Å²) in [5, 5.41) is 6.37. The number of hydrogen-bond donors (Lipinski definition) is 2. The number of aryl methyl sites for hydroxylation is 1. The molecular weight excluding hydrogens is 279 g/mol. The number of nitrogens with zero attached hydrogens (tertiary/aromatic N) is 2. The second-order valence-electron chi connectivity index (χ2n) is 4.45. The van der Waals surface area contributed by atoms with Crippen molar-refractivity contribution in [3.63, 3.8) is 0 Å². The second-order valence-corrected chi connectivity index (χ2v) is 4.85. The molecule has 1 heterocycles. The molecule has 4 nitrogen and oxygen atoms in total. The van der Waals surface area contributed by atoms with Crippen LogP contribution >= 0.6 is 11.6 Å². The van der Waals surface area contributed by atoms with Crippen LogP contribution in [0.15, 0.2) is 18.2 Å². The zero-order chi connectivity index (χ0) is 14.7. The molecular formula is C14H16ClFN4. The maximum Gasteiger partial charge on any atom is 0.141 e. The van der Waals surface area contributed by atoms with Gasteiger partial charge >= 0.3 is 0 Å². The molecule has 0 fully saturated rings. The Balaban J connectivity index is 2.18. The van der Waals surface area contributed by atoms with Crippen molar-refractivity contribution in [2.75, 3.05) is 17.7 Å². The van der Waals surface area contributed by atoms with Crippen molar-refractivity contribution >= 4 is 23.2 Å². The quantitative estimate of drug-likeness (QED) is 0.905. The summed E-state index contributed by atoms with van der Waals surface area (Å²) in [4.78, 5) is 8.67. The zero-order valence-corrected chi connectivity index (χ0v) is 12.3. The highest BCUT2D eigenvalue weighted by atomic mass is 35.5. The smallest absolute Gasteiger partial charge is 0.141 e. The van der Waals surface area contributed by atoms with E-state index in [4.69, 9.17) is 11.6 Å². The minimum Gasteiger partial charge on any atom is -0.373 e. The molecule has 0 saturated heterocycles.